The van der Waals surface area contributed by atoms with Crippen LogP contribution in [0, 0.1) is 17.3 Å². The minimum atomic E-state index is 0.300. The first-order valence-corrected chi connectivity index (χ1v) is 7.12. The monoisotopic (exact) mass is 238 g/mol. The highest BCUT2D eigenvalue weighted by Gasteiger charge is 2.38. The first-order chi connectivity index (χ1) is 7.99. The van der Waals surface area contributed by atoms with E-state index in [-0.39, 0.29) is 0 Å². The Kier molecular flexibility index (Phi) is 7.41. The van der Waals surface area contributed by atoms with Crippen molar-refractivity contribution in [2.75, 3.05) is 0 Å². The van der Waals surface area contributed by atoms with E-state index in [0.29, 0.717) is 29.5 Å². The Morgan fingerprint density at radius 3 is 2.53 bits per heavy atom. The van der Waals surface area contributed by atoms with Gasteiger partial charge < -0.3 is 0 Å². The maximum absolute atomic E-state index is 12.0. The summed E-state index contributed by atoms with van der Waals surface area (Å²) in [6.45, 7) is 14.5. The van der Waals surface area contributed by atoms with Gasteiger partial charge >= 0.3 is 0 Å². The Labute approximate surface area is 108 Å². The van der Waals surface area contributed by atoms with Crippen LogP contribution in [0.15, 0.2) is 12.7 Å². The molecule has 1 aliphatic carbocycles. The highest BCUT2D eigenvalue weighted by molar-refractivity contribution is 5.81. The second-order valence-corrected chi connectivity index (χ2v) is 5.57. The first-order valence-electron chi connectivity index (χ1n) is 7.12. The lowest BCUT2D eigenvalue weighted by Crippen LogP contribution is -2.36. The standard InChI is InChI=1S/C14H24O.C2H6/c1-5-6-9-13(15)12-8-7-10-14(3,4)11(12)2;1-2/h5,11-12H,1,6-10H2,2-4H3;1-2H3. The molecule has 0 spiro atoms. The van der Waals surface area contributed by atoms with E-state index in [1.54, 1.807) is 0 Å². The third-order valence-corrected chi connectivity index (χ3v) is 4.18. The lowest BCUT2D eigenvalue weighted by atomic mass is 9.63. The van der Waals surface area contributed by atoms with E-state index >= 15 is 0 Å². The van der Waals surface area contributed by atoms with E-state index in [1.807, 2.05) is 19.9 Å². The molecule has 0 aliphatic heterocycles. The topological polar surface area (TPSA) is 17.1 Å². The van der Waals surface area contributed by atoms with Crippen molar-refractivity contribution in [2.45, 2.75) is 66.7 Å². The van der Waals surface area contributed by atoms with Gasteiger partial charge in [-0.25, -0.2) is 0 Å². The SMILES string of the molecule is C=CCCC(=O)C1CCCC(C)(C)C1C.CC. The second kappa shape index (κ2) is 7.68. The molecule has 2 unspecified atom stereocenters. The van der Waals surface area contributed by atoms with Crippen LogP contribution in [0.4, 0.5) is 0 Å². The van der Waals surface area contributed by atoms with Crippen LogP contribution < -0.4 is 0 Å². The molecule has 0 bridgehead atoms. The number of ketones is 1. The van der Waals surface area contributed by atoms with Crippen LogP contribution in [-0.2, 0) is 4.79 Å². The van der Waals surface area contributed by atoms with Crippen molar-refractivity contribution < 1.29 is 4.79 Å². The number of rotatable bonds is 4. The van der Waals surface area contributed by atoms with Gasteiger partial charge in [0.25, 0.3) is 0 Å². The fourth-order valence-corrected chi connectivity index (χ4v) is 2.67. The van der Waals surface area contributed by atoms with Crippen molar-refractivity contribution in [3.8, 4) is 0 Å². The fraction of sp³-hybridized carbons (Fsp3) is 0.812. The fourth-order valence-electron chi connectivity index (χ4n) is 2.67. The predicted octanol–water partition coefficient (Wildman–Crippen LogP) is 5.01. The van der Waals surface area contributed by atoms with Gasteiger partial charge in [0.15, 0.2) is 0 Å². The molecule has 0 aromatic rings. The maximum atomic E-state index is 12.0. The summed E-state index contributed by atoms with van der Waals surface area (Å²) >= 11 is 0. The maximum Gasteiger partial charge on any atom is 0.136 e. The molecule has 0 aromatic carbocycles. The van der Waals surface area contributed by atoms with E-state index in [1.165, 1.54) is 12.8 Å². The molecule has 1 saturated carbocycles. The van der Waals surface area contributed by atoms with Crippen molar-refractivity contribution in [1.29, 1.82) is 0 Å². The first kappa shape index (κ1) is 16.4. The minimum absolute atomic E-state index is 0.300. The molecule has 0 N–H and O–H groups in total. The van der Waals surface area contributed by atoms with Crippen LogP contribution >= 0.6 is 0 Å². The second-order valence-electron chi connectivity index (χ2n) is 5.57. The molecule has 1 fully saturated rings. The summed E-state index contributed by atoms with van der Waals surface area (Å²) in [5.74, 6) is 1.28. The van der Waals surface area contributed by atoms with E-state index in [4.69, 9.17) is 0 Å². The summed E-state index contributed by atoms with van der Waals surface area (Å²) in [6, 6.07) is 0. The molecule has 1 heteroatoms. The zero-order valence-electron chi connectivity index (χ0n) is 12.4. The number of allylic oxidation sites excluding steroid dienone is 1. The number of hydrogen-bond acceptors (Lipinski definition) is 1. The molecule has 100 valence electrons. The van der Waals surface area contributed by atoms with Crippen LogP contribution in [0.25, 0.3) is 0 Å². The molecule has 1 aliphatic rings. The molecule has 2 atom stereocenters. The van der Waals surface area contributed by atoms with Crippen molar-refractivity contribution in [1.82, 2.24) is 0 Å². The molecular weight excluding hydrogens is 208 g/mol. The Bertz CT molecular complexity index is 240. The Hall–Kier alpha value is -0.590. The predicted molar refractivity (Wildman–Crippen MR) is 76.1 cm³/mol. The zero-order chi connectivity index (χ0) is 13.5. The minimum Gasteiger partial charge on any atom is -0.299 e. The summed E-state index contributed by atoms with van der Waals surface area (Å²) in [5.41, 5.74) is 0.340. The highest BCUT2D eigenvalue weighted by Crippen LogP contribution is 2.44. The average molecular weight is 238 g/mol. The third-order valence-electron chi connectivity index (χ3n) is 4.18. The van der Waals surface area contributed by atoms with E-state index < -0.39 is 0 Å². The summed E-state index contributed by atoms with van der Waals surface area (Å²) < 4.78 is 0. The van der Waals surface area contributed by atoms with Crippen LogP contribution in [0.1, 0.15) is 66.7 Å². The van der Waals surface area contributed by atoms with E-state index in [2.05, 4.69) is 27.4 Å². The number of Topliss-reactive ketones (excluding diaryl/α,β-unsaturated/α-hetero) is 1. The summed E-state index contributed by atoms with van der Waals surface area (Å²) in [5, 5.41) is 0. The van der Waals surface area contributed by atoms with Gasteiger partial charge in [-0.15, -0.1) is 6.58 Å². The highest BCUT2D eigenvalue weighted by atomic mass is 16.1. The quantitative estimate of drug-likeness (QED) is 0.629. The molecule has 0 heterocycles. The Morgan fingerprint density at radius 1 is 1.41 bits per heavy atom. The van der Waals surface area contributed by atoms with Gasteiger partial charge in [0.2, 0.25) is 0 Å². The third kappa shape index (κ3) is 4.65. The van der Waals surface area contributed by atoms with Crippen LogP contribution in [0.5, 0.6) is 0 Å². The van der Waals surface area contributed by atoms with Crippen molar-refractivity contribution in [3.05, 3.63) is 12.7 Å². The number of carbonyl (C=O) groups is 1. The van der Waals surface area contributed by atoms with Crippen molar-refractivity contribution >= 4 is 5.78 Å². The van der Waals surface area contributed by atoms with Gasteiger partial charge in [-0.05, 0) is 30.6 Å². The lowest BCUT2D eigenvalue weighted by Gasteiger charge is -2.41. The van der Waals surface area contributed by atoms with E-state index in [9.17, 15) is 4.79 Å². The van der Waals surface area contributed by atoms with Crippen molar-refractivity contribution in [3.63, 3.8) is 0 Å². The largest absolute Gasteiger partial charge is 0.299 e. The molecule has 17 heavy (non-hydrogen) atoms. The molecule has 0 amide bonds. The molecule has 0 aromatic heterocycles. The molecule has 1 rings (SSSR count). The zero-order valence-corrected chi connectivity index (χ0v) is 12.4. The molecule has 0 radical (unpaired) electrons. The van der Waals surface area contributed by atoms with Gasteiger partial charge in [0.05, 0.1) is 0 Å². The van der Waals surface area contributed by atoms with Gasteiger partial charge in [0, 0.05) is 12.3 Å². The average Bonchev–Trinajstić information content (AvgIpc) is 2.32. The molecular formula is C16H30O. The smallest absolute Gasteiger partial charge is 0.136 e. The number of carbonyl (C=O) groups excluding carboxylic acids is 1. The Morgan fingerprint density at radius 2 is 2.00 bits per heavy atom. The normalized spacial score (nSPS) is 26.6. The molecule has 0 saturated heterocycles. The van der Waals surface area contributed by atoms with Gasteiger partial charge in [-0.1, -0.05) is 47.1 Å². The van der Waals surface area contributed by atoms with Gasteiger partial charge in [-0.3, -0.25) is 4.79 Å². The van der Waals surface area contributed by atoms with Crippen molar-refractivity contribution in [2.24, 2.45) is 17.3 Å². The van der Waals surface area contributed by atoms with Crippen LogP contribution in [0.3, 0.4) is 0 Å². The van der Waals surface area contributed by atoms with Gasteiger partial charge in [-0.2, -0.15) is 0 Å². The Balaban J connectivity index is 0.00000121. The summed E-state index contributed by atoms with van der Waals surface area (Å²) in [4.78, 5) is 12.0. The summed E-state index contributed by atoms with van der Waals surface area (Å²) in [7, 11) is 0. The van der Waals surface area contributed by atoms with Crippen LogP contribution in [-0.4, -0.2) is 5.78 Å². The van der Waals surface area contributed by atoms with Crippen LogP contribution in [0.2, 0.25) is 0 Å². The van der Waals surface area contributed by atoms with E-state index in [0.717, 1.165) is 12.8 Å². The van der Waals surface area contributed by atoms with Gasteiger partial charge in [0.1, 0.15) is 5.78 Å². The molecule has 1 nitrogen and oxygen atoms in total. The summed E-state index contributed by atoms with van der Waals surface area (Å²) in [6.07, 6.45) is 6.94. The number of hydrogen-bond donors (Lipinski definition) is 0. The lowest BCUT2D eigenvalue weighted by molar-refractivity contribution is -0.127.